The van der Waals surface area contributed by atoms with Gasteiger partial charge in [-0.05, 0) is 12.1 Å². The van der Waals surface area contributed by atoms with Gasteiger partial charge in [-0.2, -0.15) is 0 Å². The highest BCUT2D eigenvalue weighted by Gasteiger charge is 2.09. The van der Waals surface area contributed by atoms with E-state index in [1.807, 2.05) is 23.7 Å². The fourth-order valence-corrected chi connectivity index (χ4v) is 1.59. The average molecular weight is 219 g/mol. The van der Waals surface area contributed by atoms with Crippen LogP contribution in [0.1, 0.15) is 12.2 Å². The van der Waals surface area contributed by atoms with E-state index in [2.05, 4.69) is 15.4 Å². The van der Waals surface area contributed by atoms with Gasteiger partial charge in [-0.15, -0.1) is 0 Å². The highest BCUT2D eigenvalue weighted by Crippen LogP contribution is 2.12. The van der Waals surface area contributed by atoms with Gasteiger partial charge in [0.25, 0.3) is 0 Å². The van der Waals surface area contributed by atoms with E-state index in [4.69, 9.17) is 5.84 Å². The summed E-state index contributed by atoms with van der Waals surface area (Å²) in [4.78, 5) is 19.6. The van der Waals surface area contributed by atoms with Gasteiger partial charge >= 0.3 is 0 Å². The van der Waals surface area contributed by atoms with Crippen LogP contribution in [0.5, 0.6) is 0 Å². The fraction of sp³-hybridized carbons (Fsp3) is 0.300. The molecule has 2 heterocycles. The molecule has 0 radical (unpaired) electrons. The molecular weight excluding hydrogens is 206 g/mol. The number of nitrogens with two attached hydrogens (primary N) is 1. The standard InChI is InChI=1S/C10H13N5O/c1-15-8(4-5-9(16)14-11)13-7-3-2-6-12-10(7)15/h2-3,6H,4-5,11H2,1H3,(H,14,16). The van der Waals surface area contributed by atoms with Crippen LogP contribution in [-0.2, 0) is 18.3 Å². The Hall–Kier alpha value is -1.95. The van der Waals surface area contributed by atoms with Crippen LogP contribution in [0.3, 0.4) is 0 Å². The van der Waals surface area contributed by atoms with Crippen molar-refractivity contribution >= 4 is 17.1 Å². The molecule has 0 aliphatic carbocycles. The van der Waals surface area contributed by atoms with E-state index in [-0.39, 0.29) is 5.91 Å². The zero-order valence-electron chi connectivity index (χ0n) is 8.97. The second-order valence-corrected chi connectivity index (χ2v) is 3.50. The minimum atomic E-state index is -0.194. The van der Waals surface area contributed by atoms with Gasteiger partial charge in [0, 0.05) is 26.1 Å². The van der Waals surface area contributed by atoms with Crippen molar-refractivity contribution in [1.82, 2.24) is 20.0 Å². The Balaban J connectivity index is 2.24. The van der Waals surface area contributed by atoms with E-state index in [1.165, 1.54) is 0 Å². The summed E-state index contributed by atoms with van der Waals surface area (Å²) in [5.41, 5.74) is 3.76. The van der Waals surface area contributed by atoms with E-state index in [9.17, 15) is 4.79 Å². The molecule has 3 N–H and O–H groups in total. The van der Waals surface area contributed by atoms with Crippen molar-refractivity contribution in [2.75, 3.05) is 0 Å². The van der Waals surface area contributed by atoms with E-state index in [1.54, 1.807) is 6.20 Å². The van der Waals surface area contributed by atoms with Gasteiger partial charge in [0.15, 0.2) is 5.65 Å². The first-order valence-electron chi connectivity index (χ1n) is 4.98. The molecule has 2 aromatic rings. The molecule has 0 atom stereocenters. The molecule has 2 rings (SSSR count). The zero-order chi connectivity index (χ0) is 11.5. The number of rotatable bonds is 3. The third kappa shape index (κ3) is 1.87. The maximum absolute atomic E-state index is 11.0. The predicted octanol–water partition coefficient (Wildman–Crippen LogP) is -0.109. The van der Waals surface area contributed by atoms with Crippen LogP contribution in [0.4, 0.5) is 0 Å². The molecule has 1 amide bonds. The summed E-state index contributed by atoms with van der Waals surface area (Å²) in [6, 6.07) is 3.74. The van der Waals surface area contributed by atoms with Crippen LogP contribution in [0.25, 0.3) is 11.2 Å². The van der Waals surface area contributed by atoms with Crippen LogP contribution in [0.2, 0.25) is 0 Å². The molecule has 0 aliphatic heterocycles. The first-order chi connectivity index (χ1) is 7.72. The topological polar surface area (TPSA) is 85.8 Å². The van der Waals surface area contributed by atoms with E-state index in [0.717, 1.165) is 17.0 Å². The van der Waals surface area contributed by atoms with Crippen molar-refractivity contribution in [2.24, 2.45) is 12.9 Å². The molecule has 0 spiro atoms. The van der Waals surface area contributed by atoms with Crippen molar-refractivity contribution in [3.05, 3.63) is 24.2 Å². The number of hydrazine groups is 1. The lowest BCUT2D eigenvalue weighted by Gasteiger charge is -2.00. The second-order valence-electron chi connectivity index (χ2n) is 3.50. The minimum absolute atomic E-state index is 0.194. The van der Waals surface area contributed by atoms with E-state index in [0.29, 0.717) is 12.8 Å². The molecule has 0 aliphatic rings. The van der Waals surface area contributed by atoms with Crippen molar-refractivity contribution < 1.29 is 4.79 Å². The van der Waals surface area contributed by atoms with Gasteiger partial charge in [0.1, 0.15) is 11.3 Å². The van der Waals surface area contributed by atoms with Crippen molar-refractivity contribution in [3.63, 3.8) is 0 Å². The fourth-order valence-electron chi connectivity index (χ4n) is 1.59. The SMILES string of the molecule is Cn1c(CCC(=O)NN)nc2cccnc21. The summed E-state index contributed by atoms with van der Waals surface area (Å²) in [5.74, 6) is 5.65. The molecule has 16 heavy (non-hydrogen) atoms. The van der Waals surface area contributed by atoms with Crippen LogP contribution in [0, 0.1) is 0 Å². The van der Waals surface area contributed by atoms with Gasteiger partial charge in [-0.1, -0.05) is 0 Å². The normalized spacial score (nSPS) is 10.6. The molecule has 2 aromatic heterocycles. The highest BCUT2D eigenvalue weighted by atomic mass is 16.2. The molecule has 0 bridgehead atoms. The van der Waals surface area contributed by atoms with Crippen LogP contribution >= 0.6 is 0 Å². The largest absolute Gasteiger partial charge is 0.316 e. The number of aromatic nitrogens is 3. The molecule has 0 unspecified atom stereocenters. The first-order valence-corrected chi connectivity index (χ1v) is 4.98. The first kappa shape index (κ1) is 10.6. The van der Waals surface area contributed by atoms with Gasteiger partial charge in [-0.3, -0.25) is 10.2 Å². The number of pyridine rings is 1. The number of imidazole rings is 1. The Morgan fingerprint density at radius 3 is 3.12 bits per heavy atom. The van der Waals surface area contributed by atoms with E-state index < -0.39 is 0 Å². The maximum Gasteiger partial charge on any atom is 0.234 e. The Morgan fingerprint density at radius 1 is 1.62 bits per heavy atom. The molecule has 84 valence electrons. The Kier molecular flexibility index (Phi) is 2.82. The number of hydrogen-bond acceptors (Lipinski definition) is 4. The molecule has 0 saturated heterocycles. The third-order valence-corrected chi connectivity index (χ3v) is 2.46. The molecule has 6 nitrogen and oxygen atoms in total. The zero-order valence-corrected chi connectivity index (χ0v) is 8.97. The van der Waals surface area contributed by atoms with Gasteiger partial charge < -0.3 is 4.57 Å². The Labute approximate surface area is 92.5 Å². The number of aryl methyl sites for hydroxylation is 2. The van der Waals surface area contributed by atoms with Crippen molar-refractivity contribution in [1.29, 1.82) is 0 Å². The minimum Gasteiger partial charge on any atom is -0.316 e. The quantitative estimate of drug-likeness (QED) is 0.428. The van der Waals surface area contributed by atoms with Crippen LogP contribution < -0.4 is 11.3 Å². The average Bonchev–Trinajstić information content (AvgIpc) is 2.64. The lowest BCUT2D eigenvalue weighted by molar-refractivity contribution is -0.121. The molecular formula is C10H13N5O. The monoisotopic (exact) mass is 219 g/mol. The maximum atomic E-state index is 11.0. The molecule has 0 aromatic carbocycles. The third-order valence-electron chi connectivity index (χ3n) is 2.46. The van der Waals surface area contributed by atoms with Crippen LogP contribution in [-0.4, -0.2) is 20.4 Å². The number of nitrogens with one attached hydrogen (secondary N) is 1. The number of hydrogen-bond donors (Lipinski definition) is 2. The summed E-state index contributed by atoms with van der Waals surface area (Å²) in [6.07, 6.45) is 2.60. The van der Waals surface area contributed by atoms with Crippen molar-refractivity contribution in [2.45, 2.75) is 12.8 Å². The molecule has 0 fully saturated rings. The number of fused-ring (bicyclic) bond motifs is 1. The summed E-state index contributed by atoms with van der Waals surface area (Å²) in [5, 5.41) is 0. The smallest absolute Gasteiger partial charge is 0.234 e. The number of amides is 1. The number of nitrogens with zero attached hydrogens (tertiary/aromatic N) is 3. The Morgan fingerprint density at radius 2 is 2.44 bits per heavy atom. The van der Waals surface area contributed by atoms with Crippen molar-refractivity contribution in [3.8, 4) is 0 Å². The van der Waals surface area contributed by atoms with Gasteiger partial charge in [-0.25, -0.2) is 15.8 Å². The molecule has 0 saturated carbocycles. The lowest BCUT2D eigenvalue weighted by Crippen LogP contribution is -2.30. The van der Waals surface area contributed by atoms with Gasteiger partial charge in [0.05, 0.1) is 0 Å². The summed E-state index contributed by atoms with van der Waals surface area (Å²) < 4.78 is 1.89. The van der Waals surface area contributed by atoms with Gasteiger partial charge in [0.2, 0.25) is 5.91 Å². The lowest BCUT2D eigenvalue weighted by atomic mass is 10.3. The summed E-state index contributed by atoms with van der Waals surface area (Å²) in [6.45, 7) is 0. The number of carbonyl (C=O) groups excluding carboxylic acids is 1. The number of carbonyl (C=O) groups is 1. The summed E-state index contributed by atoms with van der Waals surface area (Å²) in [7, 11) is 1.89. The highest BCUT2D eigenvalue weighted by molar-refractivity contribution is 5.75. The second kappa shape index (κ2) is 4.28. The van der Waals surface area contributed by atoms with Crippen LogP contribution in [0.15, 0.2) is 18.3 Å². The predicted molar refractivity (Wildman–Crippen MR) is 59.2 cm³/mol. The summed E-state index contributed by atoms with van der Waals surface area (Å²) >= 11 is 0. The van der Waals surface area contributed by atoms with E-state index >= 15 is 0 Å². The Bertz CT molecular complexity index is 519. The molecule has 6 heteroatoms.